The second-order valence-corrected chi connectivity index (χ2v) is 9.94. The number of alkyl carbamates (subject to hydrolysis) is 1. The van der Waals surface area contributed by atoms with Crippen molar-refractivity contribution >= 4 is 18.0 Å². The van der Waals surface area contributed by atoms with Gasteiger partial charge in [0.1, 0.15) is 18.7 Å². The highest BCUT2D eigenvalue weighted by atomic mass is 16.5. The van der Waals surface area contributed by atoms with Crippen LogP contribution in [0.1, 0.15) is 57.7 Å². The van der Waals surface area contributed by atoms with Gasteiger partial charge < -0.3 is 20.5 Å². The first kappa shape index (κ1) is 26.9. The summed E-state index contributed by atoms with van der Waals surface area (Å²) in [7, 11) is 0. The zero-order chi connectivity index (χ0) is 25.3. The first-order valence-corrected chi connectivity index (χ1v) is 11.6. The molecule has 0 saturated carbocycles. The quantitative estimate of drug-likeness (QED) is 0.478. The van der Waals surface area contributed by atoms with Crippen molar-refractivity contribution in [1.29, 1.82) is 0 Å². The number of hydrogen-bond acceptors (Lipinski definition) is 4. The number of benzene rings is 2. The molecule has 2 amide bonds. The van der Waals surface area contributed by atoms with Gasteiger partial charge in [-0.05, 0) is 34.4 Å². The topological polar surface area (TPSA) is 105 Å². The van der Waals surface area contributed by atoms with Gasteiger partial charge in [-0.1, -0.05) is 89.2 Å². The Balaban J connectivity index is 2.02. The monoisotopic (exact) mass is 468 g/mol. The van der Waals surface area contributed by atoms with Gasteiger partial charge in [-0.15, -0.1) is 0 Å². The van der Waals surface area contributed by atoms with Crippen LogP contribution in [0.3, 0.4) is 0 Å². The average molecular weight is 469 g/mol. The number of ether oxygens (including phenoxy) is 1. The Morgan fingerprint density at radius 3 is 2.03 bits per heavy atom. The highest BCUT2D eigenvalue weighted by Crippen LogP contribution is 2.22. The SMILES string of the molecule is CC(C)C[C@H](NC(=O)OCc1ccccc1)C(=O)N[C@@H](Cc1ccc(C(C)(C)C)cc1)C(=O)O. The maximum Gasteiger partial charge on any atom is 0.408 e. The van der Waals surface area contributed by atoms with Gasteiger partial charge in [-0.25, -0.2) is 9.59 Å². The number of carbonyl (C=O) groups excluding carboxylic acids is 2. The molecule has 0 fully saturated rings. The molecular weight excluding hydrogens is 432 g/mol. The van der Waals surface area contributed by atoms with Crippen molar-refractivity contribution in [3.8, 4) is 0 Å². The third-order valence-corrected chi connectivity index (χ3v) is 5.40. The van der Waals surface area contributed by atoms with Crippen LogP contribution in [0.4, 0.5) is 4.79 Å². The maximum atomic E-state index is 12.9. The molecule has 0 bridgehead atoms. The fourth-order valence-corrected chi connectivity index (χ4v) is 3.46. The van der Waals surface area contributed by atoms with Crippen LogP contribution in [0.5, 0.6) is 0 Å². The van der Waals surface area contributed by atoms with Crippen molar-refractivity contribution in [2.45, 2.75) is 71.6 Å². The molecule has 0 heterocycles. The van der Waals surface area contributed by atoms with E-state index < -0.39 is 30.1 Å². The Hall–Kier alpha value is -3.35. The highest BCUT2D eigenvalue weighted by molar-refractivity contribution is 5.89. The highest BCUT2D eigenvalue weighted by Gasteiger charge is 2.28. The van der Waals surface area contributed by atoms with E-state index in [1.54, 1.807) is 0 Å². The van der Waals surface area contributed by atoms with E-state index in [2.05, 4.69) is 31.4 Å². The predicted molar refractivity (Wildman–Crippen MR) is 131 cm³/mol. The van der Waals surface area contributed by atoms with Gasteiger partial charge in [-0.3, -0.25) is 4.79 Å². The summed E-state index contributed by atoms with van der Waals surface area (Å²) in [6.45, 7) is 10.2. The minimum atomic E-state index is -1.14. The number of carbonyl (C=O) groups is 3. The maximum absolute atomic E-state index is 12.9. The van der Waals surface area contributed by atoms with Crippen molar-refractivity contribution < 1.29 is 24.2 Å². The molecule has 2 rings (SSSR count). The smallest absolute Gasteiger partial charge is 0.408 e. The molecule has 184 valence electrons. The number of carboxylic acid groups (broad SMARTS) is 1. The molecule has 0 unspecified atom stereocenters. The number of hydrogen-bond donors (Lipinski definition) is 3. The van der Waals surface area contributed by atoms with Crippen LogP contribution in [0.2, 0.25) is 0 Å². The lowest BCUT2D eigenvalue weighted by Gasteiger charge is -2.23. The molecule has 2 atom stereocenters. The molecule has 0 spiro atoms. The fourth-order valence-electron chi connectivity index (χ4n) is 3.46. The summed E-state index contributed by atoms with van der Waals surface area (Å²) in [5.41, 5.74) is 2.76. The number of nitrogens with one attached hydrogen (secondary N) is 2. The number of aliphatic carboxylic acids is 1. The molecular formula is C27H36N2O5. The molecule has 2 aromatic carbocycles. The molecule has 0 saturated heterocycles. The van der Waals surface area contributed by atoms with E-state index in [0.29, 0.717) is 6.42 Å². The van der Waals surface area contributed by atoms with Crippen LogP contribution in [-0.2, 0) is 32.8 Å². The van der Waals surface area contributed by atoms with Gasteiger partial charge in [-0.2, -0.15) is 0 Å². The third-order valence-electron chi connectivity index (χ3n) is 5.40. The Morgan fingerprint density at radius 1 is 0.882 bits per heavy atom. The number of amides is 2. The van der Waals surface area contributed by atoms with E-state index in [9.17, 15) is 19.5 Å². The standard InChI is InChI=1S/C27H36N2O5/c1-18(2)15-22(29-26(33)34-17-20-9-7-6-8-10-20)24(30)28-23(25(31)32)16-19-11-13-21(14-12-19)27(3,4)5/h6-14,18,22-23H,15-17H2,1-5H3,(H,28,30)(H,29,33)(H,31,32)/t22-,23-/m0/s1. The Bertz CT molecular complexity index is 949. The summed E-state index contributed by atoms with van der Waals surface area (Å²) in [4.78, 5) is 37.1. The van der Waals surface area contributed by atoms with E-state index in [4.69, 9.17) is 4.74 Å². The summed E-state index contributed by atoms with van der Waals surface area (Å²) < 4.78 is 5.23. The van der Waals surface area contributed by atoms with E-state index in [-0.39, 0.29) is 24.4 Å². The normalized spacial score (nSPS) is 13.1. The van der Waals surface area contributed by atoms with Crippen molar-refractivity contribution in [2.75, 3.05) is 0 Å². The number of carboxylic acids is 1. The molecule has 3 N–H and O–H groups in total. The number of rotatable bonds is 10. The largest absolute Gasteiger partial charge is 0.480 e. The zero-order valence-electron chi connectivity index (χ0n) is 20.6. The first-order valence-electron chi connectivity index (χ1n) is 11.6. The third kappa shape index (κ3) is 8.89. The lowest BCUT2D eigenvalue weighted by Crippen LogP contribution is -2.52. The molecule has 2 aromatic rings. The molecule has 7 heteroatoms. The zero-order valence-corrected chi connectivity index (χ0v) is 20.6. The Morgan fingerprint density at radius 2 is 1.50 bits per heavy atom. The van der Waals surface area contributed by atoms with E-state index in [1.807, 2.05) is 68.4 Å². The van der Waals surface area contributed by atoms with E-state index in [1.165, 1.54) is 0 Å². The van der Waals surface area contributed by atoms with Crippen LogP contribution >= 0.6 is 0 Å². The summed E-state index contributed by atoms with van der Waals surface area (Å²) in [5, 5.41) is 14.9. The van der Waals surface area contributed by atoms with Gasteiger partial charge in [0.15, 0.2) is 0 Å². The minimum Gasteiger partial charge on any atom is -0.480 e. The molecule has 0 aliphatic heterocycles. The van der Waals surface area contributed by atoms with Crippen LogP contribution < -0.4 is 10.6 Å². The predicted octanol–water partition coefficient (Wildman–Crippen LogP) is 4.44. The first-order chi connectivity index (χ1) is 16.0. The van der Waals surface area contributed by atoms with Gasteiger partial charge in [0, 0.05) is 6.42 Å². The van der Waals surface area contributed by atoms with Crippen LogP contribution in [0.25, 0.3) is 0 Å². The Labute approximate surface area is 201 Å². The van der Waals surface area contributed by atoms with Crippen molar-refractivity contribution in [2.24, 2.45) is 5.92 Å². The van der Waals surface area contributed by atoms with Crippen LogP contribution in [0, 0.1) is 5.92 Å². The van der Waals surface area contributed by atoms with Crippen LogP contribution in [-0.4, -0.2) is 35.2 Å². The lowest BCUT2D eigenvalue weighted by atomic mass is 9.86. The second kappa shape index (κ2) is 12.2. The molecule has 0 aliphatic rings. The van der Waals surface area contributed by atoms with Gasteiger partial charge >= 0.3 is 12.1 Å². The molecule has 7 nitrogen and oxygen atoms in total. The summed E-state index contributed by atoms with van der Waals surface area (Å²) in [6.07, 6.45) is -0.244. The van der Waals surface area contributed by atoms with Crippen molar-refractivity contribution in [3.05, 3.63) is 71.3 Å². The Kier molecular flexibility index (Phi) is 9.66. The van der Waals surface area contributed by atoms with Gasteiger partial charge in [0.25, 0.3) is 0 Å². The summed E-state index contributed by atoms with van der Waals surface area (Å²) >= 11 is 0. The summed E-state index contributed by atoms with van der Waals surface area (Å²) in [6, 6.07) is 14.9. The van der Waals surface area contributed by atoms with Gasteiger partial charge in [0.05, 0.1) is 0 Å². The van der Waals surface area contributed by atoms with Crippen molar-refractivity contribution in [3.63, 3.8) is 0 Å². The summed E-state index contributed by atoms with van der Waals surface area (Å²) in [5.74, 6) is -1.59. The molecule has 0 aliphatic carbocycles. The molecule has 0 radical (unpaired) electrons. The second-order valence-electron chi connectivity index (χ2n) is 9.94. The average Bonchev–Trinajstić information content (AvgIpc) is 2.77. The molecule has 34 heavy (non-hydrogen) atoms. The molecule has 0 aromatic heterocycles. The van der Waals surface area contributed by atoms with Crippen molar-refractivity contribution in [1.82, 2.24) is 10.6 Å². The van der Waals surface area contributed by atoms with E-state index in [0.717, 1.165) is 16.7 Å². The minimum absolute atomic E-state index is 0.0101. The lowest BCUT2D eigenvalue weighted by molar-refractivity contribution is -0.142. The van der Waals surface area contributed by atoms with Gasteiger partial charge in [0.2, 0.25) is 5.91 Å². The fraction of sp³-hybridized carbons (Fsp3) is 0.444. The van der Waals surface area contributed by atoms with E-state index >= 15 is 0 Å². The van der Waals surface area contributed by atoms with Crippen LogP contribution in [0.15, 0.2) is 54.6 Å².